The van der Waals surface area contributed by atoms with Crippen molar-refractivity contribution in [2.24, 2.45) is 0 Å². The first-order valence-electron chi connectivity index (χ1n) is 6.94. The average molecular weight is 301 g/mol. The van der Waals surface area contributed by atoms with E-state index in [-0.39, 0.29) is 5.82 Å². The van der Waals surface area contributed by atoms with E-state index in [1.165, 1.54) is 11.5 Å². The topological polar surface area (TPSA) is 86.5 Å². The van der Waals surface area contributed by atoms with Crippen LogP contribution in [-0.4, -0.2) is 36.7 Å². The molecule has 0 spiro atoms. The lowest BCUT2D eigenvalue weighted by Gasteiger charge is -2.07. The number of anilines is 2. The molecule has 0 bridgehead atoms. The number of nitrogens with two attached hydrogens (primary N) is 1. The van der Waals surface area contributed by atoms with Crippen LogP contribution in [0.5, 0.6) is 0 Å². The normalized spacial score (nSPS) is 10.5. The molecule has 1 aromatic heterocycles. The minimum atomic E-state index is -0.430. The van der Waals surface area contributed by atoms with Crippen molar-refractivity contribution in [2.45, 2.75) is 33.1 Å². The molecule has 0 saturated heterocycles. The molecule has 114 valence electrons. The van der Waals surface area contributed by atoms with Crippen LogP contribution in [0.1, 0.15) is 43.5 Å². The molecule has 0 amide bonds. The molecular formula is C13H23N3O3S. The van der Waals surface area contributed by atoms with Crippen LogP contribution in [0, 0.1) is 0 Å². The first-order valence-corrected chi connectivity index (χ1v) is 7.71. The Morgan fingerprint density at radius 2 is 2.10 bits per heavy atom. The van der Waals surface area contributed by atoms with Gasteiger partial charge in [-0.25, -0.2) is 4.79 Å². The van der Waals surface area contributed by atoms with Gasteiger partial charge in [-0.15, -0.1) is 0 Å². The summed E-state index contributed by atoms with van der Waals surface area (Å²) in [6.07, 6.45) is 3.09. The Labute approximate surface area is 123 Å². The Morgan fingerprint density at radius 1 is 1.35 bits per heavy atom. The van der Waals surface area contributed by atoms with Crippen LogP contribution in [0.3, 0.4) is 0 Å². The minimum absolute atomic E-state index is 0.218. The predicted octanol–water partition coefficient (Wildman–Crippen LogP) is 2.52. The number of unbranched alkanes of at least 4 members (excludes halogenated alkanes) is 1. The predicted molar refractivity (Wildman–Crippen MR) is 81.3 cm³/mol. The van der Waals surface area contributed by atoms with Crippen LogP contribution in [0.4, 0.5) is 10.8 Å². The summed E-state index contributed by atoms with van der Waals surface area (Å²) in [5.41, 5.74) is 6.03. The Kier molecular flexibility index (Phi) is 7.98. The number of carbonyl (C=O) groups excluding carboxylic acids is 1. The van der Waals surface area contributed by atoms with Crippen molar-refractivity contribution < 1.29 is 14.3 Å². The smallest absolute Gasteiger partial charge is 0.344 e. The number of esters is 1. The zero-order valence-electron chi connectivity index (χ0n) is 12.1. The van der Waals surface area contributed by atoms with Gasteiger partial charge in [-0.2, -0.15) is 4.37 Å². The van der Waals surface area contributed by atoms with Gasteiger partial charge in [0, 0.05) is 19.8 Å². The van der Waals surface area contributed by atoms with E-state index in [9.17, 15) is 4.79 Å². The molecule has 0 fully saturated rings. The first kappa shape index (κ1) is 16.7. The highest BCUT2D eigenvalue weighted by Gasteiger charge is 2.19. The third-order valence-corrected chi connectivity index (χ3v) is 3.41. The molecular weight excluding hydrogens is 278 g/mol. The Bertz CT molecular complexity index is 410. The van der Waals surface area contributed by atoms with Crippen LogP contribution in [0.25, 0.3) is 0 Å². The molecule has 0 aromatic carbocycles. The van der Waals surface area contributed by atoms with Gasteiger partial charge in [0.05, 0.1) is 6.61 Å². The summed E-state index contributed by atoms with van der Waals surface area (Å²) in [4.78, 5) is 11.8. The van der Waals surface area contributed by atoms with Gasteiger partial charge in [0.1, 0.15) is 10.6 Å². The van der Waals surface area contributed by atoms with Gasteiger partial charge >= 0.3 is 5.97 Å². The van der Waals surface area contributed by atoms with Crippen LogP contribution >= 0.6 is 11.5 Å². The van der Waals surface area contributed by atoms with Crippen LogP contribution in [-0.2, 0) is 9.47 Å². The van der Waals surface area contributed by atoms with Gasteiger partial charge in [-0.3, -0.25) is 0 Å². The zero-order chi connectivity index (χ0) is 14.8. The summed E-state index contributed by atoms with van der Waals surface area (Å²) in [5.74, 6) is -0.212. The fourth-order valence-electron chi connectivity index (χ4n) is 1.55. The summed E-state index contributed by atoms with van der Waals surface area (Å²) in [6, 6.07) is 0. The standard InChI is InChI=1S/C13H23N3O3S/c1-3-5-8-18-9-6-7-15-12-10(11(14)16-20-12)13(17)19-4-2/h15H,3-9H2,1-2H3,(H2,14,16). The average Bonchev–Trinajstić information content (AvgIpc) is 2.79. The Balaban J connectivity index is 2.35. The van der Waals surface area contributed by atoms with E-state index in [0.717, 1.165) is 25.9 Å². The lowest BCUT2D eigenvalue weighted by molar-refractivity contribution is 0.0529. The number of rotatable bonds is 10. The van der Waals surface area contributed by atoms with Gasteiger partial charge < -0.3 is 20.5 Å². The van der Waals surface area contributed by atoms with Crippen molar-refractivity contribution in [2.75, 3.05) is 37.4 Å². The summed E-state index contributed by atoms with van der Waals surface area (Å²) in [5, 5.41) is 3.82. The first-order chi connectivity index (χ1) is 9.70. The van der Waals surface area contributed by atoms with Crippen LogP contribution in [0.2, 0.25) is 0 Å². The fourth-order valence-corrected chi connectivity index (χ4v) is 2.27. The van der Waals surface area contributed by atoms with E-state index in [2.05, 4.69) is 16.6 Å². The number of nitrogens with one attached hydrogen (secondary N) is 1. The second kappa shape index (κ2) is 9.55. The molecule has 0 aliphatic heterocycles. The monoisotopic (exact) mass is 301 g/mol. The lowest BCUT2D eigenvalue weighted by atomic mass is 10.3. The molecule has 7 heteroatoms. The lowest BCUT2D eigenvalue weighted by Crippen LogP contribution is -2.11. The van der Waals surface area contributed by atoms with Crippen molar-refractivity contribution in [1.82, 2.24) is 4.37 Å². The number of aromatic nitrogens is 1. The third kappa shape index (κ3) is 5.34. The van der Waals surface area contributed by atoms with Crippen molar-refractivity contribution in [3.63, 3.8) is 0 Å². The summed E-state index contributed by atoms with van der Waals surface area (Å²) >= 11 is 1.17. The number of ether oxygens (including phenoxy) is 2. The van der Waals surface area contributed by atoms with Gasteiger partial charge in [0.2, 0.25) is 0 Å². The second-order valence-corrected chi connectivity index (χ2v) is 5.01. The van der Waals surface area contributed by atoms with Gasteiger partial charge in [0.25, 0.3) is 0 Å². The second-order valence-electron chi connectivity index (χ2n) is 4.24. The summed E-state index contributed by atoms with van der Waals surface area (Å²) in [7, 11) is 0. The van der Waals surface area contributed by atoms with Crippen molar-refractivity contribution in [3.05, 3.63) is 5.56 Å². The Hall–Kier alpha value is -1.34. The molecule has 1 rings (SSSR count). The van der Waals surface area contributed by atoms with Gasteiger partial charge in [-0.1, -0.05) is 13.3 Å². The van der Waals surface area contributed by atoms with Crippen LogP contribution in [0.15, 0.2) is 0 Å². The molecule has 1 aromatic rings. The maximum absolute atomic E-state index is 11.8. The quantitative estimate of drug-likeness (QED) is 0.510. The minimum Gasteiger partial charge on any atom is -0.462 e. The maximum Gasteiger partial charge on any atom is 0.344 e. The number of carbonyl (C=O) groups is 1. The molecule has 6 nitrogen and oxygen atoms in total. The molecule has 20 heavy (non-hydrogen) atoms. The molecule has 0 atom stereocenters. The number of hydrogen-bond donors (Lipinski definition) is 2. The fraction of sp³-hybridized carbons (Fsp3) is 0.692. The van der Waals surface area contributed by atoms with Crippen molar-refractivity contribution >= 4 is 28.3 Å². The highest BCUT2D eigenvalue weighted by Crippen LogP contribution is 2.27. The summed E-state index contributed by atoms with van der Waals surface area (Å²) in [6.45, 7) is 6.43. The highest BCUT2D eigenvalue weighted by molar-refractivity contribution is 7.11. The zero-order valence-corrected chi connectivity index (χ0v) is 12.9. The van der Waals surface area contributed by atoms with E-state index in [4.69, 9.17) is 15.2 Å². The Morgan fingerprint density at radius 3 is 2.80 bits per heavy atom. The molecule has 0 unspecified atom stereocenters. The van der Waals surface area contributed by atoms with E-state index < -0.39 is 5.97 Å². The molecule has 1 heterocycles. The number of nitrogens with zero attached hydrogens (tertiary/aromatic N) is 1. The van der Waals surface area contributed by atoms with E-state index in [0.29, 0.717) is 30.3 Å². The maximum atomic E-state index is 11.8. The summed E-state index contributed by atoms with van der Waals surface area (Å²) < 4.78 is 14.4. The number of hydrogen-bond acceptors (Lipinski definition) is 7. The van der Waals surface area contributed by atoms with Gasteiger partial charge in [0.15, 0.2) is 5.82 Å². The molecule has 0 aliphatic rings. The molecule has 3 N–H and O–H groups in total. The van der Waals surface area contributed by atoms with Crippen molar-refractivity contribution in [1.29, 1.82) is 0 Å². The van der Waals surface area contributed by atoms with E-state index in [1.54, 1.807) is 6.92 Å². The van der Waals surface area contributed by atoms with Crippen molar-refractivity contribution in [3.8, 4) is 0 Å². The van der Waals surface area contributed by atoms with E-state index >= 15 is 0 Å². The molecule has 0 radical (unpaired) electrons. The highest BCUT2D eigenvalue weighted by atomic mass is 32.1. The molecule has 0 aliphatic carbocycles. The van der Waals surface area contributed by atoms with E-state index in [1.807, 2.05) is 0 Å². The SMILES string of the molecule is CCCCOCCCNc1snc(N)c1C(=O)OCC. The third-order valence-electron chi connectivity index (χ3n) is 2.59. The number of nitrogen functional groups attached to an aromatic ring is 1. The molecule has 0 saturated carbocycles. The van der Waals surface area contributed by atoms with Gasteiger partial charge in [-0.05, 0) is 31.3 Å². The largest absolute Gasteiger partial charge is 0.462 e. The van der Waals surface area contributed by atoms with Crippen LogP contribution < -0.4 is 11.1 Å².